The second kappa shape index (κ2) is 12.1. The van der Waals surface area contributed by atoms with Gasteiger partial charge in [0, 0.05) is 13.1 Å². The molecule has 0 radical (unpaired) electrons. The summed E-state index contributed by atoms with van der Waals surface area (Å²) >= 11 is 5.37. The lowest BCUT2D eigenvalue weighted by atomic mass is 10.1. The van der Waals surface area contributed by atoms with Gasteiger partial charge < -0.3 is 19.7 Å². The number of rotatable bonds is 9. The van der Waals surface area contributed by atoms with Gasteiger partial charge in [0.15, 0.2) is 5.11 Å². The molecule has 0 spiro atoms. The molecule has 9 heteroatoms. The molecule has 1 heterocycles. The molecule has 0 aliphatic carbocycles. The van der Waals surface area contributed by atoms with Crippen LogP contribution in [0.25, 0.3) is 0 Å². The van der Waals surface area contributed by atoms with Gasteiger partial charge in [0.25, 0.3) is 5.91 Å². The second-order valence-electron chi connectivity index (χ2n) is 6.95. The number of thiocarbonyl (C=S) groups is 1. The highest BCUT2D eigenvalue weighted by molar-refractivity contribution is 7.80. The van der Waals surface area contributed by atoms with Crippen LogP contribution >= 0.6 is 12.2 Å². The highest BCUT2D eigenvalue weighted by Gasteiger charge is 2.34. The van der Waals surface area contributed by atoms with Crippen LogP contribution in [-0.2, 0) is 14.3 Å². The number of carbonyl (C=O) groups excluding carboxylic acids is 3. The van der Waals surface area contributed by atoms with Crippen molar-refractivity contribution in [3.63, 3.8) is 0 Å². The van der Waals surface area contributed by atoms with Gasteiger partial charge in [0.05, 0.1) is 25.7 Å². The van der Waals surface area contributed by atoms with Gasteiger partial charge in [-0.05, 0) is 30.8 Å². The number of hydrogen-bond acceptors (Lipinski definition) is 6. The number of piperazine rings is 1. The summed E-state index contributed by atoms with van der Waals surface area (Å²) in [6.07, 6.45) is 4.13. The van der Waals surface area contributed by atoms with Crippen molar-refractivity contribution in [3.05, 3.63) is 29.8 Å². The smallest absolute Gasteiger partial charge is 0.308 e. The van der Waals surface area contributed by atoms with Gasteiger partial charge in [-0.15, -0.1) is 0 Å². The maximum absolute atomic E-state index is 12.8. The van der Waals surface area contributed by atoms with Crippen molar-refractivity contribution in [2.75, 3.05) is 26.8 Å². The molecular weight excluding hydrogens is 406 g/mol. The fourth-order valence-corrected chi connectivity index (χ4v) is 3.44. The summed E-state index contributed by atoms with van der Waals surface area (Å²) in [7, 11) is 1.26. The number of amides is 2. The predicted molar refractivity (Wildman–Crippen MR) is 116 cm³/mol. The molecule has 1 aliphatic heterocycles. The summed E-state index contributed by atoms with van der Waals surface area (Å²) in [5.41, 5.74) is 0.362. The first-order valence-corrected chi connectivity index (χ1v) is 10.6. The van der Waals surface area contributed by atoms with Crippen LogP contribution in [0.15, 0.2) is 24.3 Å². The number of carbonyl (C=O) groups is 3. The maximum Gasteiger partial charge on any atom is 0.308 e. The molecule has 2 N–H and O–H groups in total. The van der Waals surface area contributed by atoms with E-state index in [2.05, 4.69) is 22.3 Å². The van der Waals surface area contributed by atoms with Crippen LogP contribution in [0.4, 0.5) is 0 Å². The molecule has 1 fully saturated rings. The van der Waals surface area contributed by atoms with Crippen LogP contribution in [0.3, 0.4) is 0 Å². The molecule has 2 rings (SSSR count). The molecule has 1 aromatic rings. The van der Waals surface area contributed by atoms with Crippen LogP contribution in [0.1, 0.15) is 49.4 Å². The van der Waals surface area contributed by atoms with Crippen molar-refractivity contribution in [1.29, 1.82) is 0 Å². The van der Waals surface area contributed by atoms with Crippen LogP contribution in [0.2, 0.25) is 0 Å². The average Bonchev–Trinajstić information content (AvgIpc) is 2.75. The van der Waals surface area contributed by atoms with Crippen molar-refractivity contribution >= 4 is 35.1 Å². The van der Waals surface area contributed by atoms with Crippen LogP contribution < -0.4 is 15.4 Å². The Morgan fingerprint density at radius 2 is 2.03 bits per heavy atom. The number of hydrogen-bond donors (Lipinski definition) is 2. The Bertz CT molecular complexity index is 771. The van der Waals surface area contributed by atoms with Crippen LogP contribution in [-0.4, -0.2) is 60.6 Å². The van der Waals surface area contributed by atoms with Crippen LogP contribution in [0, 0.1) is 0 Å². The number of unbranched alkanes of at least 4 members (excludes halogenated alkanes) is 3. The number of ether oxygens (including phenoxy) is 2. The van der Waals surface area contributed by atoms with E-state index < -0.39 is 17.9 Å². The van der Waals surface area contributed by atoms with E-state index in [1.807, 2.05) is 0 Å². The number of esters is 1. The predicted octanol–water partition coefficient (Wildman–Crippen LogP) is 2.02. The molecule has 1 aliphatic rings. The van der Waals surface area contributed by atoms with Gasteiger partial charge in [-0.2, -0.15) is 0 Å². The Hall–Kier alpha value is -2.68. The van der Waals surface area contributed by atoms with E-state index in [4.69, 9.17) is 17.0 Å². The Kier molecular flexibility index (Phi) is 9.53. The number of nitrogens with one attached hydrogen (secondary N) is 2. The first kappa shape index (κ1) is 23.6. The Morgan fingerprint density at radius 3 is 2.77 bits per heavy atom. The quantitative estimate of drug-likeness (QED) is 0.348. The van der Waals surface area contributed by atoms with E-state index in [1.165, 1.54) is 12.0 Å². The number of para-hydroxylation sites is 1. The second-order valence-corrected chi connectivity index (χ2v) is 7.33. The van der Waals surface area contributed by atoms with Crippen molar-refractivity contribution < 1.29 is 23.9 Å². The van der Waals surface area contributed by atoms with Gasteiger partial charge in [0.1, 0.15) is 11.8 Å². The van der Waals surface area contributed by atoms with Gasteiger partial charge in [-0.25, -0.2) is 0 Å². The SMILES string of the molecule is CCCCCCOc1ccccc1C(=O)NC(=S)N1CCNC(=O)C1CC(=O)OC. The molecule has 1 aromatic carbocycles. The largest absolute Gasteiger partial charge is 0.493 e. The van der Waals surface area contributed by atoms with E-state index >= 15 is 0 Å². The highest BCUT2D eigenvalue weighted by atomic mass is 32.1. The molecule has 0 saturated carbocycles. The lowest BCUT2D eigenvalue weighted by molar-refractivity contribution is -0.144. The minimum Gasteiger partial charge on any atom is -0.493 e. The van der Waals surface area contributed by atoms with Gasteiger partial charge in [-0.3, -0.25) is 19.7 Å². The summed E-state index contributed by atoms with van der Waals surface area (Å²) < 4.78 is 10.5. The lowest BCUT2D eigenvalue weighted by Crippen LogP contribution is -2.60. The standard InChI is InChI=1S/C21H29N3O5S/c1-3-4-5-8-13-29-17-10-7-6-9-15(17)19(26)23-21(30)24-12-11-22-20(27)16(24)14-18(25)28-2/h6-7,9-10,16H,3-5,8,11-14H2,1-2H3,(H,22,27)(H,23,26,30). The third kappa shape index (κ3) is 6.69. The van der Waals surface area contributed by atoms with E-state index in [0.29, 0.717) is 31.0 Å². The van der Waals surface area contributed by atoms with E-state index in [-0.39, 0.29) is 17.4 Å². The number of nitrogens with zero attached hydrogens (tertiary/aromatic N) is 1. The molecule has 1 unspecified atom stereocenters. The zero-order valence-electron chi connectivity index (χ0n) is 17.4. The van der Waals surface area contributed by atoms with Gasteiger partial charge in [0.2, 0.25) is 5.91 Å². The Balaban J connectivity index is 2.03. The van der Waals surface area contributed by atoms with E-state index in [0.717, 1.165) is 25.7 Å². The Morgan fingerprint density at radius 1 is 1.27 bits per heavy atom. The minimum absolute atomic E-state index is 0.0847. The fourth-order valence-electron chi connectivity index (χ4n) is 3.13. The molecule has 2 amide bonds. The number of benzene rings is 1. The third-order valence-electron chi connectivity index (χ3n) is 4.79. The van der Waals surface area contributed by atoms with Crippen molar-refractivity contribution in [3.8, 4) is 5.75 Å². The molecule has 0 aromatic heterocycles. The number of methoxy groups -OCH3 is 1. The molecule has 30 heavy (non-hydrogen) atoms. The molecule has 1 atom stereocenters. The van der Waals surface area contributed by atoms with Crippen molar-refractivity contribution in [1.82, 2.24) is 15.5 Å². The average molecular weight is 436 g/mol. The normalized spacial score (nSPS) is 15.9. The summed E-state index contributed by atoms with van der Waals surface area (Å²) in [5.74, 6) is -0.805. The first-order valence-electron chi connectivity index (χ1n) is 10.2. The third-order valence-corrected chi connectivity index (χ3v) is 5.12. The molecule has 8 nitrogen and oxygen atoms in total. The summed E-state index contributed by atoms with van der Waals surface area (Å²) in [6.45, 7) is 3.42. The zero-order valence-corrected chi connectivity index (χ0v) is 18.3. The van der Waals surface area contributed by atoms with Crippen LogP contribution in [0.5, 0.6) is 5.75 Å². The van der Waals surface area contributed by atoms with E-state index in [9.17, 15) is 14.4 Å². The highest BCUT2D eigenvalue weighted by Crippen LogP contribution is 2.19. The summed E-state index contributed by atoms with van der Waals surface area (Å²) in [6, 6.07) is 6.12. The molecular formula is C21H29N3O5S. The Labute approximate surface area is 182 Å². The molecule has 0 bridgehead atoms. The fraction of sp³-hybridized carbons (Fsp3) is 0.524. The lowest BCUT2D eigenvalue weighted by Gasteiger charge is -2.36. The first-order chi connectivity index (χ1) is 14.5. The van der Waals surface area contributed by atoms with Gasteiger partial charge in [-0.1, -0.05) is 38.3 Å². The van der Waals surface area contributed by atoms with Crippen molar-refractivity contribution in [2.24, 2.45) is 0 Å². The van der Waals surface area contributed by atoms with E-state index in [1.54, 1.807) is 24.3 Å². The summed E-state index contributed by atoms with van der Waals surface area (Å²) in [5, 5.41) is 5.45. The topological polar surface area (TPSA) is 97.0 Å². The summed E-state index contributed by atoms with van der Waals surface area (Å²) in [4.78, 5) is 38.2. The molecule has 1 saturated heterocycles. The molecule has 164 valence electrons. The minimum atomic E-state index is -0.830. The van der Waals surface area contributed by atoms with Gasteiger partial charge >= 0.3 is 5.97 Å². The maximum atomic E-state index is 12.8. The van der Waals surface area contributed by atoms with Crippen molar-refractivity contribution in [2.45, 2.75) is 45.1 Å². The monoisotopic (exact) mass is 435 g/mol. The zero-order chi connectivity index (χ0) is 21.9.